The topological polar surface area (TPSA) is 60.9 Å². The van der Waals surface area contributed by atoms with E-state index >= 15 is 0 Å². The lowest BCUT2D eigenvalue weighted by atomic mass is 10.1. The van der Waals surface area contributed by atoms with Crippen molar-refractivity contribution in [1.29, 1.82) is 0 Å². The Labute approximate surface area is 222 Å². The molecule has 0 bridgehead atoms. The Bertz CT molecular complexity index is 1380. The molecule has 0 saturated carbocycles. The third-order valence-electron chi connectivity index (χ3n) is 5.96. The Balaban J connectivity index is 1.54. The van der Waals surface area contributed by atoms with Gasteiger partial charge in [-0.05, 0) is 48.5 Å². The molecular weight excluding hydrogens is 550 g/mol. The Hall–Kier alpha value is -2.95. The molecule has 0 spiro atoms. The summed E-state index contributed by atoms with van der Waals surface area (Å²) in [5.74, 6) is -0.473. The highest BCUT2D eigenvalue weighted by atomic mass is 35.5. The van der Waals surface area contributed by atoms with E-state index in [2.05, 4.69) is 0 Å². The third-order valence-corrected chi connectivity index (χ3v) is 8.29. The van der Waals surface area contributed by atoms with Crippen LogP contribution in [0.25, 0.3) is 0 Å². The summed E-state index contributed by atoms with van der Waals surface area (Å²) in [5.41, 5.74) is -0.279. The van der Waals surface area contributed by atoms with Crippen molar-refractivity contribution in [2.75, 3.05) is 41.9 Å². The zero-order valence-corrected chi connectivity index (χ0v) is 21.7. The second-order valence-electron chi connectivity index (χ2n) is 8.34. The van der Waals surface area contributed by atoms with E-state index in [-0.39, 0.29) is 46.8 Å². The zero-order valence-electron chi connectivity index (χ0n) is 19.3. The first kappa shape index (κ1) is 27.1. The molecule has 1 aliphatic rings. The first-order valence-electron chi connectivity index (χ1n) is 11.2. The zero-order chi connectivity index (χ0) is 26.8. The highest BCUT2D eigenvalue weighted by Gasteiger charge is 2.33. The van der Waals surface area contributed by atoms with Crippen molar-refractivity contribution in [3.05, 3.63) is 88.4 Å². The van der Waals surface area contributed by atoms with Gasteiger partial charge in [0.2, 0.25) is 5.91 Å². The van der Waals surface area contributed by atoms with Crippen molar-refractivity contribution in [3.8, 4) is 0 Å². The van der Waals surface area contributed by atoms with Gasteiger partial charge in [0.1, 0.15) is 6.54 Å². The molecule has 1 amide bonds. The van der Waals surface area contributed by atoms with E-state index in [0.29, 0.717) is 5.69 Å². The molecule has 1 saturated heterocycles. The normalized spacial score (nSPS) is 14.5. The fourth-order valence-electron chi connectivity index (χ4n) is 4.01. The summed E-state index contributed by atoms with van der Waals surface area (Å²) in [6.07, 6.45) is -4.46. The molecule has 1 aliphatic heterocycles. The maximum Gasteiger partial charge on any atom is 0.416 e. The van der Waals surface area contributed by atoms with Crippen LogP contribution in [0.1, 0.15) is 5.56 Å². The van der Waals surface area contributed by atoms with E-state index in [4.69, 9.17) is 23.2 Å². The van der Waals surface area contributed by atoms with Crippen molar-refractivity contribution in [2.24, 2.45) is 0 Å². The number of carbonyl (C=O) groups is 1. The minimum atomic E-state index is -4.46. The number of nitrogens with zero attached hydrogens (tertiary/aromatic N) is 3. The summed E-state index contributed by atoms with van der Waals surface area (Å²) < 4.78 is 67.2. The number of halogens is 5. The van der Waals surface area contributed by atoms with E-state index in [9.17, 15) is 26.4 Å². The highest BCUT2D eigenvalue weighted by molar-refractivity contribution is 7.92. The van der Waals surface area contributed by atoms with Gasteiger partial charge in [-0.2, -0.15) is 13.2 Å². The number of rotatable bonds is 6. The van der Waals surface area contributed by atoms with Crippen LogP contribution in [0.5, 0.6) is 0 Å². The summed E-state index contributed by atoms with van der Waals surface area (Å²) in [7, 11) is -4.17. The van der Waals surface area contributed by atoms with Crippen LogP contribution in [0.3, 0.4) is 0 Å². The van der Waals surface area contributed by atoms with E-state index < -0.39 is 34.2 Å². The molecular formula is C25H22Cl2F3N3O3S. The highest BCUT2D eigenvalue weighted by Crippen LogP contribution is 2.34. The number of carbonyl (C=O) groups excluding carboxylic acids is 1. The molecule has 0 radical (unpaired) electrons. The van der Waals surface area contributed by atoms with Gasteiger partial charge in [-0.15, -0.1) is 0 Å². The Morgan fingerprint density at radius 3 is 2.22 bits per heavy atom. The number of piperazine rings is 1. The second kappa shape index (κ2) is 10.8. The van der Waals surface area contributed by atoms with Crippen molar-refractivity contribution in [1.82, 2.24) is 4.90 Å². The maximum atomic E-state index is 13.5. The van der Waals surface area contributed by atoms with Crippen LogP contribution in [0.4, 0.5) is 24.5 Å². The van der Waals surface area contributed by atoms with Crippen LogP contribution in [0.15, 0.2) is 77.7 Å². The van der Waals surface area contributed by atoms with Gasteiger partial charge < -0.3 is 9.80 Å². The number of amides is 1. The average molecular weight is 572 g/mol. The fourth-order valence-corrected chi connectivity index (χ4v) is 5.89. The monoisotopic (exact) mass is 571 g/mol. The molecule has 1 fully saturated rings. The number of sulfonamides is 1. The SMILES string of the molecule is O=C(CN(c1cc(Cl)ccc1Cl)S(=O)(=O)c1ccccc1)N1CCN(c2cccc(C(F)(F)F)c2)CC1. The van der Waals surface area contributed by atoms with Crippen molar-refractivity contribution in [2.45, 2.75) is 11.1 Å². The summed E-state index contributed by atoms with van der Waals surface area (Å²) in [6, 6.07) is 17.0. The summed E-state index contributed by atoms with van der Waals surface area (Å²) in [5, 5.41) is 0.348. The van der Waals surface area contributed by atoms with Crippen LogP contribution in [0, 0.1) is 0 Å². The van der Waals surface area contributed by atoms with Gasteiger partial charge in [0.05, 0.1) is 21.2 Å². The van der Waals surface area contributed by atoms with Gasteiger partial charge in [0.15, 0.2) is 0 Å². The molecule has 0 unspecified atom stereocenters. The lowest BCUT2D eigenvalue weighted by molar-refractivity contribution is -0.137. The standard InChI is InChI=1S/C25H22Cl2F3N3O3S/c26-19-9-10-22(27)23(16-19)33(37(35,36)21-7-2-1-3-8-21)17-24(34)32-13-11-31(12-14-32)20-6-4-5-18(15-20)25(28,29)30/h1-10,15-16H,11-14,17H2. The number of alkyl halides is 3. The van der Waals surface area contributed by atoms with Gasteiger partial charge in [-0.25, -0.2) is 8.42 Å². The summed E-state index contributed by atoms with van der Waals surface area (Å²) in [4.78, 5) is 16.5. The predicted molar refractivity (Wildman–Crippen MR) is 138 cm³/mol. The molecule has 4 rings (SSSR count). The first-order chi connectivity index (χ1) is 17.5. The van der Waals surface area contributed by atoms with E-state index in [0.717, 1.165) is 16.4 Å². The smallest absolute Gasteiger partial charge is 0.368 e. The van der Waals surface area contributed by atoms with Gasteiger partial charge in [0.25, 0.3) is 10.0 Å². The molecule has 0 atom stereocenters. The van der Waals surface area contributed by atoms with Gasteiger partial charge in [-0.3, -0.25) is 9.10 Å². The van der Waals surface area contributed by atoms with Crippen LogP contribution in [-0.2, 0) is 21.0 Å². The first-order valence-corrected chi connectivity index (χ1v) is 13.4. The molecule has 6 nitrogen and oxygen atoms in total. The molecule has 0 aliphatic carbocycles. The van der Waals surface area contributed by atoms with Crippen LogP contribution in [0.2, 0.25) is 10.0 Å². The maximum absolute atomic E-state index is 13.5. The van der Waals surface area contributed by atoms with Crippen molar-refractivity contribution in [3.63, 3.8) is 0 Å². The molecule has 3 aromatic rings. The van der Waals surface area contributed by atoms with Gasteiger partial charge in [0, 0.05) is 36.9 Å². The van der Waals surface area contributed by atoms with Crippen LogP contribution < -0.4 is 9.21 Å². The number of benzene rings is 3. The Morgan fingerprint density at radius 2 is 1.57 bits per heavy atom. The van der Waals surface area contributed by atoms with Gasteiger partial charge >= 0.3 is 6.18 Å². The molecule has 196 valence electrons. The van der Waals surface area contributed by atoms with E-state index in [1.165, 1.54) is 41.3 Å². The van der Waals surface area contributed by atoms with Crippen LogP contribution >= 0.6 is 23.2 Å². The molecule has 0 N–H and O–H groups in total. The number of anilines is 2. The average Bonchev–Trinajstić information content (AvgIpc) is 2.89. The molecule has 3 aromatic carbocycles. The van der Waals surface area contributed by atoms with E-state index in [1.807, 2.05) is 0 Å². The Kier molecular flexibility index (Phi) is 7.91. The predicted octanol–water partition coefficient (Wildman–Crippen LogP) is 5.56. The number of hydrogen-bond donors (Lipinski definition) is 0. The minimum Gasteiger partial charge on any atom is -0.368 e. The molecule has 37 heavy (non-hydrogen) atoms. The largest absolute Gasteiger partial charge is 0.416 e. The van der Waals surface area contributed by atoms with E-state index in [1.54, 1.807) is 29.2 Å². The number of hydrogen-bond acceptors (Lipinski definition) is 4. The quantitative estimate of drug-likeness (QED) is 0.389. The molecule has 0 aromatic heterocycles. The lowest BCUT2D eigenvalue weighted by Gasteiger charge is -2.37. The third kappa shape index (κ3) is 6.14. The lowest BCUT2D eigenvalue weighted by Crippen LogP contribution is -2.52. The van der Waals surface area contributed by atoms with Crippen molar-refractivity contribution < 1.29 is 26.4 Å². The summed E-state index contributed by atoms with van der Waals surface area (Å²) >= 11 is 12.4. The minimum absolute atomic E-state index is 0.0202. The molecule has 12 heteroatoms. The van der Waals surface area contributed by atoms with Crippen molar-refractivity contribution >= 4 is 50.5 Å². The fraction of sp³-hybridized carbons (Fsp3) is 0.240. The second-order valence-corrected chi connectivity index (χ2v) is 11.0. The van der Waals surface area contributed by atoms with Crippen LogP contribution in [-0.4, -0.2) is 51.9 Å². The van der Waals surface area contributed by atoms with Gasteiger partial charge in [-0.1, -0.05) is 47.5 Å². The Morgan fingerprint density at radius 1 is 0.892 bits per heavy atom. The summed E-state index contributed by atoms with van der Waals surface area (Å²) in [6.45, 7) is 0.461. The molecule has 1 heterocycles.